The van der Waals surface area contributed by atoms with Gasteiger partial charge < -0.3 is 11.1 Å². The molecule has 0 spiro atoms. The van der Waals surface area contributed by atoms with Gasteiger partial charge in [0.25, 0.3) is 0 Å². The van der Waals surface area contributed by atoms with Crippen molar-refractivity contribution in [3.8, 4) is 0 Å². The number of rotatable bonds is 6. The molecule has 0 aliphatic heterocycles. The molecule has 0 amide bonds. The molecule has 0 unspecified atom stereocenters. The van der Waals surface area contributed by atoms with E-state index in [1.807, 2.05) is 0 Å². The molecule has 0 atom stereocenters. The summed E-state index contributed by atoms with van der Waals surface area (Å²) in [6.45, 7) is 2.12. The Morgan fingerprint density at radius 1 is 1.20 bits per heavy atom. The normalized spacial score (nSPS) is 10.6. The van der Waals surface area contributed by atoms with Crippen LogP contribution in [0.3, 0.4) is 0 Å². The van der Waals surface area contributed by atoms with Crippen LogP contribution in [0.2, 0.25) is 0 Å². The Bertz CT molecular complexity index is 303. The Balaban J connectivity index is 2.34. The molecule has 84 valence electrons. The second kappa shape index (κ2) is 6.48. The fourth-order valence-electron chi connectivity index (χ4n) is 1.37. The monoisotopic (exact) mass is 214 g/mol. The van der Waals surface area contributed by atoms with Gasteiger partial charge in [-0.25, -0.2) is 8.78 Å². The number of nitrogens with one attached hydrogen (secondary N) is 1. The van der Waals surface area contributed by atoms with E-state index in [9.17, 15) is 8.78 Å². The third-order valence-electron chi connectivity index (χ3n) is 2.15. The Morgan fingerprint density at radius 3 is 2.73 bits per heavy atom. The summed E-state index contributed by atoms with van der Waals surface area (Å²) in [5.74, 6) is -1.50. The molecule has 2 nitrogen and oxygen atoms in total. The van der Waals surface area contributed by atoms with E-state index in [-0.39, 0.29) is 0 Å². The van der Waals surface area contributed by atoms with Crippen LogP contribution >= 0.6 is 0 Å². The summed E-state index contributed by atoms with van der Waals surface area (Å²) < 4.78 is 26.0. The number of halogens is 2. The van der Waals surface area contributed by atoms with Crippen LogP contribution in [-0.2, 0) is 6.42 Å². The molecule has 3 N–H and O–H groups in total. The molecule has 15 heavy (non-hydrogen) atoms. The zero-order valence-corrected chi connectivity index (χ0v) is 8.60. The van der Waals surface area contributed by atoms with Gasteiger partial charge in [-0.05, 0) is 31.0 Å². The van der Waals surface area contributed by atoms with Crippen molar-refractivity contribution in [3.05, 3.63) is 35.4 Å². The van der Waals surface area contributed by atoms with Gasteiger partial charge in [-0.15, -0.1) is 0 Å². The maximum Gasteiger partial charge on any atom is 0.162 e. The van der Waals surface area contributed by atoms with Crippen LogP contribution in [0.15, 0.2) is 18.2 Å². The van der Waals surface area contributed by atoms with Crippen LogP contribution in [0.1, 0.15) is 12.0 Å². The summed E-state index contributed by atoms with van der Waals surface area (Å²) >= 11 is 0. The summed E-state index contributed by atoms with van der Waals surface area (Å²) in [5.41, 5.74) is 5.73. The van der Waals surface area contributed by atoms with Gasteiger partial charge in [0.05, 0.1) is 0 Å². The predicted octanol–water partition coefficient (Wildman–Crippen LogP) is 1.45. The van der Waals surface area contributed by atoms with E-state index in [1.54, 1.807) is 6.07 Å². The maximum absolute atomic E-state index is 13.2. The van der Waals surface area contributed by atoms with Gasteiger partial charge >= 0.3 is 0 Å². The van der Waals surface area contributed by atoms with Crippen molar-refractivity contribution in [3.63, 3.8) is 0 Å². The number of aryl methyl sites for hydroxylation is 1. The SMILES string of the molecule is NCCNCCCc1cccc(F)c1F. The average molecular weight is 214 g/mol. The highest BCUT2D eigenvalue weighted by molar-refractivity contribution is 5.18. The van der Waals surface area contributed by atoms with Gasteiger partial charge in [-0.2, -0.15) is 0 Å². The molecule has 0 aromatic heterocycles. The molecule has 0 radical (unpaired) electrons. The quantitative estimate of drug-likeness (QED) is 0.703. The lowest BCUT2D eigenvalue weighted by molar-refractivity contribution is 0.496. The van der Waals surface area contributed by atoms with E-state index in [0.29, 0.717) is 18.5 Å². The topological polar surface area (TPSA) is 38.0 Å². The largest absolute Gasteiger partial charge is 0.329 e. The second-order valence-corrected chi connectivity index (χ2v) is 3.36. The average Bonchev–Trinajstić information content (AvgIpc) is 2.24. The molecule has 0 heterocycles. The Hall–Kier alpha value is -1.00. The van der Waals surface area contributed by atoms with Crippen LogP contribution in [0.5, 0.6) is 0 Å². The third-order valence-corrected chi connectivity index (χ3v) is 2.15. The fourth-order valence-corrected chi connectivity index (χ4v) is 1.37. The van der Waals surface area contributed by atoms with E-state index >= 15 is 0 Å². The van der Waals surface area contributed by atoms with E-state index in [2.05, 4.69) is 5.32 Å². The van der Waals surface area contributed by atoms with E-state index < -0.39 is 11.6 Å². The molecule has 4 heteroatoms. The van der Waals surface area contributed by atoms with Crippen LogP contribution in [-0.4, -0.2) is 19.6 Å². The second-order valence-electron chi connectivity index (χ2n) is 3.36. The summed E-state index contributed by atoms with van der Waals surface area (Å²) in [4.78, 5) is 0. The van der Waals surface area contributed by atoms with Crippen LogP contribution < -0.4 is 11.1 Å². The predicted molar refractivity (Wildman–Crippen MR) is 56.6 cm³/mol. The summed E-state index contributed by atoms with van der Waals surface area (Å²) in [6.07, 6.45) is 1.32. The van der Waals surface area contributed by atoms with Crippen molar-refractivity contribution in [1.29, 1.82) is 0 Å². The molecule has 1 rings (SSSR count). The molecule has 1 aromatic carbocycles. The fraction of sp³-hybridized carbons (Fsp3) is 0.455. The first-order valence-corrected chi connectivity index (χ1v) is 5.09. The zero-order valence-electron chi connectivity index (χ0n) is 8.60. The molecule has 0 aliphatic carbocycles. The van der Waals surface area contributed by atoms with Gasteiger partial charge in [-0.1, -0.05) is 12.1 Å². The van der Waals surface area contributed by atoms with Crippen LogP contribution in [0, 0.1) is 11.6 Å². The van der Waals surface area contributed by atoms with Crippen molar-refractivity contribution in [2.24, 2.45) is 5.73 Å². The number of hydrogen-bond acceptors (Lipinski definition) is 2. The molecule has 0 bridgehead atoms. The third kappa shape index (κ3) is 3.93. The minimum atomic E-state index is -0.776. The molecule has 0 fully saturated rings. The Kier molecular flexibility index (Phi) is 5.21. The summed E-state index contributed by atoms with van der Waals surface area (Å²) in [5, 5.41) is 3.10. The highest BCUT2D eigenvalue weighted by Crippen LogP contribution is 2.12. The maximum atomic E-state index is 13.2. The van der Waals surface area contributed by atoms with Gasteiger partial charge in [0.2, 0.25) is 0 Å². The molecule has 0 aliphatic rings. The number of hydrogen-bond donors (Lipinski definition) is 2. The van der Waals surface area contributed by atoms with Crippen LogP contribution in [0.25, 0.3) is 0 Å². The van der Waals surface area contributed by atoms with Crippen molar-refractivity contribution < 1.29 is 8.78 Å². The van der Waals surface area contributed by atoms with Gasteiger partial charge in [-0.3, -0.25) is 0 Å². The minimum Gasteiger partial charge on any atom is -0.329 e. The first kappa shape index (κ1) is 12.1. The van der Waals surface area contributed by atoms with Crippen LogP contribution in [0.4, 0.5) is 8.78 Å². The molecular weight excluding hydrogens is 198 g/mol. The molecule has 0 saturated carbocycles. The van der Waals surface area contributed by atoms with Crippen molar-refractivity contribution >= 4 is 0 Å². The minimum absolute atomic E-state index is 0.435. The Morgan fingerprint density at radius 2 is 2.00 bits per heavy atom. The lowest BCUT2D eigenvalue weighted by Gasteiger charge is -2.04. The van der Waals surface area contributed by atoms with Crippen molar-refractivity contribution in [2.45, 2.75) is 12.8 Å². The standard InChI is InChI=1S/C11H16F2N2/c12-10-5-1-3-9(11(10)13)4-2-7-15-8-6-14/h1,3,5,15H,2,4,6-8,14H2. The number of benzene rings is 1. The first-order chi connectivity index (χ1) is 7.25. The summed E-state index contributed by atoms with van der Waals surface area (Å²) in [6, 6.07) is 4.27. The summed E-state index contributed by atoms with van der Waals surface area (Å²) in [7, 11) is 0. The molecule has 0 saturated heterocycles. The lowest BCUT2D eigenvalue weighted by Crippen LogP contribution is -2.23. The molecular formula is C11H16F2N2. The number of nitrogens with two attached hydrogens (primary N) is 1. The highest BCUT2D eigenvalue weighted by Gasteiger charge is 2.06. The van der Waals surface area contributed by atoms with E-state index in [1.165, 1.54) is 6.07 Å². The highest BCUT2D eigenvalue weighted by atomic mass is 19.2. The van der Waals surface area contributed by atoms with E-state index in [0.717, 1.165) is 25.6 Å². The van der Waals surface area contributed by atoms with Gasteiger partial charge in [0, 0.05) is 13.1 Å². The Labute approximate surface area is 88.5 Å². The lowest BCUT2D eigenvalue weighted by atomic mass is 10.1. The van der Waals surface area contributed by atoms with Gasteiger partial charge in [0.1, 0.15) is 0 Å². The van der Waals surface area contributed by atoms with Gasteiger partial charge in [0.15, 0.2) is 11.6 Å². The first-order valence-electron chi connectivity index (χ1n) is 5.09. The molecule has 1 aromatic rings. The van der Waals surface area contributed by atoms with Crippen molar-refractivity contribution in [1.82, 2.24) is 5.32 Å². The smallest absolute Gasteiger partial charge is 0.162 e. The van der Waals surface area contributed by atoms with E-state index in [4.69, 9.17) is 5.73 Å². The van der Waals surface area contributed by atoms with Crippen molar-refractivity contribution in [2.75, 3.05) is 19.6 Å². The zero-order chi connectivity index (χ0) is 11.1.